The molecular formula is C14H10F3NOS. The highest BCUT2D eigenvalue weighted by atomic mass is 32.1. The summed E-state index contributed by atoms with van der Waals surface area (Å²) in [4.78, 5) is 12.5. The lowest BCUT2D eigenvalue weighted by Crippen LogP contribution is -2.14. The summed E-state index contributed by atoms with van der Waals surface area (Å²) in [6.07, 6.45) is -1.74. The fraction of sp³-hybridized carbons (Fsp3) is 0.0714. The first kappa shape index (κ1) is 14.3. The largest absolute Gasteiger partial charge is 0.418 e. The third-order valence-corrected chi connectivity index (χ3v) is 3.27. The molecule has 1 N–H and O–H groups in total. The van der Waals surface area contributed by atoms with Crippen molar-refractivity contribution in [2.24, 2.45) is 0 Å². The molecule has 1 heterocycles. The summed E-state index contributed by atoms with van der Waals surface area (Å²) < 4.78 is 38.2. The van der Waals surface area contributed by atoms with Gasteiger partial charge in [0, 0.05) is 11.0 Å². The molecule has 0 fully saturated rings. The van der Waals surface area contributed by atoms with Gasteiger partial charge in [-0.2, -0.15) is 13.2 Å². The van der Waals surface area contributed by atoms with Crippen molar-refractivity contribution < 1.29 is 18.0 Å². The molecule has 2 rings (SSSR count). The van der Waals surface area contributed by atoms with Gasteiger partial charge < -0.3 is 5.32 Å². The van der Waals surface area contributed by atoms with Gasteiger partial charge in [0.15, 0.2) is 0 Å². The summed E-state index contributed by atoms with van der Waals surface area (Å²) in [5.41, 5.74) is -1.11. The van der Waals surface area contributed by atoms with Gasteiger partial charge in [-0.05, 0) is 29.7 Å². The van der Waals surface area contributed by atoms with Crippen LogP contribution >= 0.6 is 11.3 Å². The van der Waals surface area contributed by atoms with E-state index >= 15 is 0 Å². The number of carbonyl (C=O) groups excluding carboxylic acids is 1. The highest BCUT2D eigenvalue weighted by molar-refractivity contribution is 7.10. The Balaban J connectivity index is 2.12. The van der Waals surface area contributed by atoms with E-state index in [2.05, 4.69) is 5.32 Å². The molecule has 0 unspecified atom stereocenters. The summed E-state index contributed by atoms with van der Waals surface area (Å²) in [5, 5.41) is 4.08. The molecule has 1 amide bonds. The van der Waals surface area contributed by atoms with E-state index in [9.17, 15) is 18.0 Å². The van der Waals surface area contributed by atoms with Gasteiger partial charge in [0.2, 0.25) is 5.91 Å². The van der Waals surface area contributed by atoms with Gasteiger partial charge in [-0.15, -0.1) is 11.3 Å². The Morgan fingerprint density at radius 2 is 1.90 bits per heavy atom. The van der Waals surface area contributed by atoms with E-state index in [0.717, 1.165) is 10.9 Å². The van der Waals surface area contributed by atoms with Crippen molar-refractivity contribution in [3.05, 3.63) is 58.3 Å². The van der Waals surface area contributed by atoms with Gasteiger partial charge in [-0.3, -0.25) is 4.79 Å². The van der Waals surface area contributed by atoms with Crippen molar-refractivity contribution in [2.75, 3.05) is 5.32 Å². The number of alkyl halides is 3. The number of hydrogen-bond acceptors (Lipinski definition) is 2. The molecule has 6 heteroatoms. The molecule has 0 atom stereocenters. The average Bonchev–Trinajstić information content (AvgIpc) is 2.89. The zero-order chi connectivity index (χ0) is 14.6. The molecule has 0 aliphatic heterocycles. The summed E-state index contributed by atoms with van der Waals surface area (Å²) in [6.45, 7) is 0. The van der Waals surface area contributed by atoms with Crippen molar-refractivity contribution in [3.63, 3.8) is 0 Å². The van der Waals surface area contributed by atoms with E-state index in [4.69, 9.17) is 0 Å². The van der Waals surface area contributed by atoms with Gasteiger partial charge in [0.25, 0.3) is 0 Å². The Labute approximate surface area is 117 Å². The number of benzene rings is 1. The average molecular weight is 297 g/mol. The number of thiophene rings is 1. The fourth-order valence-electron chi connectivity index (χ4n) is 1.56. The van der Waals surface area contributed by atoms with Gasteiger partial charge >= 0.3 is 6.18 Å². The van der Waals surface area contributed by atoms with Crippen molar-refractivity contribution in [2.45, 2.75) is 6.18 Å². The maximum absolute atomic E-state index is 12.7. The van der Waals surface area contributed by atoms with Crippen molar-refractivity contribution in [1.82, 2.24) is 0 Å². The first-order valence-electron chi connectivity index (χ1n) is 5.65. The fourth-order valence-corrected chi connectivity index (χ4v) is 2.18. The van der Waals surface area contributed by atoms with E-state index in [0.29, 0.717) is 0 Å². The molecule has 0 spiro atoms. The van der Waals surface area contributed by atoms with Crippen LogP contribution in [0.25, 0.3) is 6.08 Å². The second kappa shape index (κ2) is 5.92. The smallest absolute Gasteiger partial charge is 0.322 e. The Morgan fingerprint density at radius 1 is 1.15 bits per heavy atom. The van der Waals surface area contributed by atoms with Crippen LogP contribution in [-0.2, 0) is 11.0 Å². The van der Waals surface area contributed by atoms with Crippen LogP contribution in [-0.4, -0.2) is 5.91 Å². The number of rotatable bonds is 3. The number of para-hydroxylation sites is 1. The van der Waals surface area contributed by atoms with Crippen LogP contribution in [0.15, 0.2) is 47.9 Å². The zero-order valence-electron chi connectivity index (χ0n) is 10.1. The second-order valence-corrected chi connectivity index (χ2v) is 4.86. The second-order valence-electron chi connectivity index (χ2n) is 3.88. The van der Waals surface area contributed by atoms with Crippen LogP contribution < -0.4 is 5.32 Å². The van der Waals surface area contributed by atoms with Gasteiger partial charge in [-0.1, -0.05) is 18.2 Å². The lowest BCUT2D eigenvalue weighted by atomic mass is 10.1. The molecule has 0 aliphatic carbocycles. The topological polar surface area (TPSA) is 29.1 Å². The van der Waals surface area contributed by atoms with Crippen molar-refractivity contribution >= 4 is 29.0 Å². The Kier molecular flexibility index (Phi) is 4.24. The van der Waals surface area contributed by atoms with E-state index in [1.54, 1.807) is 12.1 Å². The first-order chi connectivity index (χ1) is 9.47. The number of amides is 1. The van der Waals surface area contributed by atoms with Crippen molar-refractivity contribution in [1.29, 1.82) is 0 Å². The monoisotopic (exact) mass is 297 g/mol. The summed E-state index contributed by atoms with van der Waals surface area (Å²) in [6, 6.07) is 8.49. The van der Waals surface area contributed by atoms with Gasteiger partial charge in [0.05, 0.1) is 11.3 Å². The molecule has 2 nitrogen and oxygen atoms in total. The summed E-state index contributed by atoms with van der Waals surface area (Å²) in [5.74, 6) is -0.602. The van der Waals surface area contributed by atoms with E-state index < -0.39 is 17.6 Å². The predicted octanol–water partition coefficient (Wildman–Crippen LogP) is 4.42. The highest BCUT2D eigenvalue weighted by Gasteiger charge is 2.33. The number of anilines is 1. The minimum Gasteiger partial charge on any atom is -0.322 e. The zero-order valence-corrected chi connectivity index (χ0v) is 11.0. The lowest BCUT2D eigenvalue weighted by molar-refractivity contribution is -0.136. The molecule has 0 aliphatic rings. The minimum absolute atomic E-state index is 0.249. The number of hydrogen-bond donors (Lipinski definition) is 1. The third-order valence-electron chi connectivity index (χ3n) is 2.43. The highest BCUT2D eigenvalue weighted by Crippen LogP contribution is 2.34. The summed E-state index contributed by atoms with van der Waals surface area (Å²) in [7, 11) is 0. The standard InChI is InChI=1S/C14H10F3NOS/c15-14(16,17)11-5-1-2-6-12(11)18-13(19)8-7-10-4-3-9-20-10/h1-9H,(H,18,19)/b8-7+. The molecule has 104 valence electrons. The molecule has 1 aromatic heterocycles. The van der Waals surface area contributed by atoms with E-state index in [-0.39, 0.29) is 5.69 Å². The number of halogens is 3. The van der Waals surface area contributed by atoms with Crippen LogP contribution in [0.3, 0.4) is 0 Å². The van der Waals surface area contributed by atoms with E-state index in [1.807, 2.05) is 11.4 Å². The van der Waals surface area contributed by atoms with Crippen LogP contribution in [0.4, 0.5) is 18.9 Å². The normalized spacial score (nSPS) is 11.8. The van der Waals surface area contributed by atoms with Gasteiger partial charge in [-0.25, -0.2) is 0 Å². The first-order valence-corrected chi connectivity index (χ1v) is 6.53. The Morgan fingerprint density at radius 3 is 2.55 bits per heavy atom. The van der Waals surface area contributed by atoms with E-state index in [1.165, 1.54) is 35.6 Å². The summed E-state index contributed by atoms with van der Waals surface area (Å²) >= 11 is 1.43. The third kappa shape index (κ3) is 3.71. The molecule has 1 aromatic carbocycles. The molecule has 0 saturated carbocycles. The Hall–Kier alpha value is -2.08. The maximum Gasteiger partial charge on any atom is 0.418 e. The molecule has 0 saturated heterocycles. The minimum atomic E-state index is -4.50. The predicted molar refractivity (Wildman–Crippen MR) is 73.4 cm³/mol. The number of carbonyl (C=O) groups is 1. The molecule has 20 heavy (non-hydrogen) atoms. The lowest BCUT2D eigenvalue weighted by Gasteiger charge is -2.12. The van der Waals surface area contributed by atoms with Gasteiger partial charge in [0.1, 0.15) is 0 Å². The molecule has 2 aromatic rings. The maximum atomic E-state index is 12.7. The SMILES string of the molecule is O=C(/C=C/c1cccs1)Nc1ccccc1C(F)(F)F. The van der Waals surface area contributed by atoms with Crippen LogP contribution in [0.2, 0.25) is 0 Å². The Bertz CT molecular complexity index is 618. The molecule has 0 radical (unpaired) electrons. The van der Waals surface area contributed by atoms with Crippen molar-refractivity contribution in [3.8, 4) is 0 Å². The molecular weight excluding hydrogens is 287 g/mol. The van der Waals surface area contributed by atoms with Crippen LogP contribution in [0, 0.1) is 0 Å². The van der Waals surface area contributed by atoms with Crippen LogP contribution in [0.1, 0.15) is 10.4 Å². The van der Waals surface area contributed by atoms with Crippen LogP contribution in [0.5, 0.6) is 0 Å². The number of nitrogens with one attached hydrogen (secondary N) is 1. The quantitative estimate of drug-likeness (QED) is 0.835. The molecule has 0 bridgehead atoms.